The van der Waals surface area contributed by atoms with E-state index in [2.05, 4.69) is 428 Å². The van der Waals surface area contributed by atoms with Gasteiger partial charge in [-0.1, -0.05) is 458 Å². The summed E-state index contributed by atoms with van der Waals surface area (Å²) >= 11 is 0. The quantitative estimate of drug-likeness (QED) is 0.0336. The number of aryl methyl sites for hydroxylation is 6. The standard InChI is InChI=1S/C75H96.C59H64/c1-6-10-14-18-22-26-30-60-34-42-64(43-35-60)70-53-71(65-44-36-61(37-45-65)31-27-23-19-15-11-7-2)56-74(55-70)68-50-59(5)51-69(52-68)75-57-72(66-46-38-62(39-47-66)32-28-24-20-16-12-8-3)54-73(58-75)67-48-40-63(41-49-67)33-29-25-21-17-13-9-4;1-39-30-44(50-35-46(40-14-22-52(23-15-40)56(2,3)4)33-47(36-50)41-16-24-53(25-17-41)57(5,6)7)32-45(31-39)51-37-48(42-18-26-54(27-19-42)58(8,9)10)34-49(38-51)43-20-28-55(29-21-43)59(11,12)13/h34-58H,6-33H2,1-5H3;14-38H,1-13H3. The molecule has 134 heavy (non-hydrogen) atoms. The Kier molecular flexibility index (Phi) is 36.0. The molecule has 0 radical (unpaired) electrons. The first-order valence-electron chi connectivity index (χ1n) is 52.2. The second-order valence-corrected chi connectivity index (χ2v) is 43.5. The number of hydrogen-bond donors (Lipinski definition) is 0. The molecule has 0 saturated heterocycles. The van der Waals surface area contributed by atoms with E-state index in [9.17, 15) is 0 Å². The van der Waals surface area contributed by atoms with E-state index in [1.807, 2.05) is 0 Å². The molecule has 14 aromatic carbocycles. The molecule has 0 aromatic heterocycles. The minimum atomic E-state index is 0.0984. The van der Waals surface area contributed by atoms with Crippen molar-refractivity contribution in [3.63, 3.8) is 0 Å². The SMILES string of the molecule is CCCCCCCCc1ccc(-c2cc(-c3ccc(CCCCCCCC)cc3)cc(-c3cc(C)cc(-c4cc(-c5ccc(CCCCCCCC)cc5)cc(-c5ccc(CCCCCCCC)cc5)c4)c3)c2)cc1.Cc1cc(-c2cc(-c3ccc(C(C)(C)C)cc3)cc(-c3ccc(C(C)(C)C)cc3)c2)cc(-c2cc(-c3ccc(C(C)(C)C)cc3)cc(-c3ccc(C(C)(C)C)cc3)c2)c1. The highest BCUT2D eigenvalue weighted by Gasteiger charge is 2.22. The second-order valence-electron chi connectivity index (χ2n) is 43.5. The molecule has 0 nitrogen and oxygen atoms in total. The molecule has 0 aliphatic carbocycles. The van der Waals surface area contributed by atoms with Gasteiger partial charge < -0.3 is 0 Å². The van der Waals surface area contributed by atoms with Gasteiger partial charge in [-0.15, -0.1) is 0 Å². The molecule has 0 N–H and O–H groups in total. The van der Waals surface area contributed by atoms with Gasteiger partial charge in [-0.2, -0.15) is 0 Å². The molecular weight excluding hydrogens is 1610 g/mol. The van der Waals surface area contributed by atoms with E-state index >= 15 is 0 Å². The van der Waals surface area contributed by atoms with E-state index in [0.29, 0.717) is 0 Å². The summed E-state index contributed by atoms with van der Waals surface area (Å²) in [5.41, 5.74) is 44.0. The van der Waals surface area contributed by atoms with Crippen LogP contribution in [0.5, 0.6) is 0 Å². The molecule has 14 rings (SSSR count). The average molecular weight is 1770 g/mol. The predicted octanol–water partition coefficient (Wildman–Crippen LogP) is 40.8. The van der Waals surface area contributed by atoms with Crippen molar-refractivity contribution in [3.8, 4) is 134 Å². The van der Waals surface area contributed by atoms with E-state index in [1.54, 1.807) is 0 Å². The number of hydrogen-bond acceptors (Lipinski definition) is 0. The Hall–Kier alpha value is -10.9. The van der Waals surface area contributed by atoms with Crippen molar-refractivity contribution >= 4 is 0 Å². The van der Waals surface area contributed by atoms with Crippen LogP contribution >= 0.6 is 0 Å². The highest BCUT2D eigenvalue weighted by molar-refractivity contribution is 5.89. The van der Waals surface area contributed by atoms with Crippen molar-refractivity contribution in [2.45, 2.75) is 326 Å². The molecule has 0 amide bonds. The van der Waals surface area contributed by atoms with Crippen LogP contribution < -0.4 is 0 Å². The third-order valence-electron chi connectivity index (χ3n) is 28.0. The summed E-state index contributed by atoms with van der Waals surface area (Å²) in [6.07, 6.45) is 36.6. The summed E-state index contributed by atoms with van der Waals surface area (Å²) in [5, 5.41) is 0. The molecule has 0 fully saturated rings. The van der Waals surface area contributed by atoms with Crippen LogP contribution in [0.25, 0.3) is 134 Å². The van der Waals surface area contributed by atoms with Crippen molar-refractivity contribution in [3.05, 3.63) is 359 Å². The number of unbranched alkanes of at least 4 members (excludes halogenated alkanes) is 20. The molecule has 0 unspecified atom stereocenters. The van der Waals surface area contributed by atoms with E-state index < -0.39 is 0 Å². The van der Waals surface area contributed by atoms with Crippen molar-refractivity contribution in [2.24, 2.45) is 0 Å². The Bertz CT molecular complexity index is 5320. The van der Waals surface area contributed by atoms with E-state index in [1.165, 1.54) is 343 Å². The van der Waals surface area contributed by atoms with Crippen LogP contribution in [0.1, 0.15) is 321 Å². The lowest BCUT2D eigenvalue weighted by molar-refractivity contribution is 0.590. The van der Waals surface area contributed by atoms with Gasteiger partial charge in [-0.3, -0.25) is 0 Å². The van der Waals surface area contributed by atoms with Gasteiger partial charge in [0.1, 0.15) is 0 Å². The highest BCUT2D eigenvalue weighted by atomic mass is 14.3. The van der Waals surface area contributed by atoms with Crippen molar-refractivity contribution in [1.82, 2.24) is 0 Å². The lowest BCUT2D eigenvalue weighted by Crippen LogP contribution is -2.10. The minimum absolute atomic E-state index is 0.0984. The zero-order valence-corrected chi connectivity index (χ0v) is 85.7. The fourth-order valence-corrected chi connectivity index (χ4v) is 19.3. The molecule has 696 valence electrons. The Morgan fingerprint density at radius 2 is 0.254 bits per heavy atom. The first kappa shape index (κ1) is 101. The van der Waals surface area contributed by atoms with Crippen molar-refractivity contribution < 1.29 is 0 Å². The molecule has 0 atom stereocenters. The summed E-state index contributed by atoms with van der Waals surface area (Å²) in [4.78, 5) is 0. The number of benzene rings is 14. The molecule has 14 aromatic rings. The predicted molar refractivity (Wildman–Crippen MR) is 591 cm³/mol. The van der Waals surface area contributed by atoms with Gasteiger partial charge in [0.05, 0.1) is 0 Å². The molecule has 0 heterocycles. The molecule has 0 bridgehead atoms. The third kappa shape index (κ3) is 29.1. The van der Waals surface area contributed by atoms with Crippen LogP contribution in [-0.2, 0) is 47.3 Å². The zero-order valence-electron chi connectivity index (χ0n) is 85.7. The van der Waals surface area contributed by atoms with E-state index in [0.717, 1.165) is 25.7 Å². The smallest absolute Gasteiger partial charge is 0.0132 e. The average Bonchev–Trinajstić information content (AvgIpc) is 0.771. The Labute approximate surface area is 812 Å². The lowest BCUT2D eigenvalue weighted by Gasteiger charge is -2.20. The normalized spacial score (nSPS) is 11.9. The molecular formula is C134H160. The summed E-state index contributed by atoms with van der Waals surface area (Å²) in [6.45, 7) is 41.1. The van der Waals surface area contributed by atoms with Gasteiger partial charge >= 0.3 is 0 Å². The van der Waals surface area contributed by atoms with Gasteiger partial charge in [0, 0.05) is 0 Å². The first-order chi connectivity index (χ1) is 64.5. The summed E-state index contributed by atoms with van der Waals surface area (Å²) in [6, 6.07) is 118. The Morgan fingerprint density at radius 1 is 0.134 bits per heavy atom. The monoisotopic (exact) mass is 1770 g/mol. The summed E-state index contributed by atoms with van der Waals surface area (Å²) < 4.78 is 0. The molecule has 0 aliphatic heterocycles. The van der Waals surface area contributed by atoms with Crippen molar-refractivity contribution in [2.75, 3.05) is 0 Å². The van der Waals surface area contributed by atoms with Gasteiger partial charge in [-0.25, -0.2) is 0 Å². The first-order valence-corrected chi connectivity index (χ1v) is 52.2. The second kappa shape index (κ2) is 48.0. The summed E-state index contributed by atoms with van der Waals surface area (Å²) in [5.74, 6) is 0. The largest absolute Gasteiger partial charge is 0.0654 e. The molecule has 0 aliphatic rings. The number of rotatable bonds is 40. The van der Waals surface area contributed by atoms with Gasteiger partial charge in [0.2, 0.25) is 0 Å². The minimum Gasteiger partial charge on any atom is -0.0654 e. The third-order valence-corrected chi connectivity index (χ3v) is 28.0. The fourth-order valence-electron chi connectivity index (χ4n) is 19.3. The van der Waals surface area contributed by atoms with Crippen LogP contribution in [0.4, 0.5) is 0 Å². The van der Waals surface area contributed by atoms with Crippen LogP contribution in [0.15, 0.2) is 303 Å². The molecule has 0 heteroatoms. The summed E-state index contributed by atoms with van der Waals surface area (Å²) in [7, 11) is 0. The van der Waals surface area contributed by atoms with Crippen LogP contribution in [-0.4, -0.2) is 0 Å². The Morgan fingerprint density at radius 3 is 0.396 bits per heavy atom. The fraction of sp³-hybridized carbons (Fsp3) is 0.373. The molecule has 0 spiro atoms. The maximum atomic E-state index is 2.46. The maximum absolute atomic E-state index is 2.46. The van der Waals surface area contributed by atoms with Gasteiger partial charge in [0.25, 0.3) is 0 Å². The van der Waals surface area contributed by atoms with Crippen molar-refractivity contribution in [1.29, 1.82) is 0 Å². The topological polar surface area (TPSA) is 0 Å². The lowest BCUT2D eigenvalue weighted by atomic mass is 9.84. The van der Waals surface area contributed by atoms with Crippen LogP contribution in [0.2, 0.25) is 0 Å². The highest BCUT2D eigenvalue weighted by Crippen LogP contribution is 2.44. The van der Waals surface area contributed by atoms with Crippen LogP contribution in [0.3, 0.4) is 0 Å². The van der Waals surface area contributed by atoms with Gasteiger partial charge in [0.15, 0.2) is 0 Å². The zero-order chi connectivity index (χ0) is 94.8. The maximum Gasteiger partial charge on any atom is -0.0132 e. The Balaban J connectivity index is 0.000000234. The van der Waals surface area contributed by atoms with Gasteiger partial charge in [-0.05, 0) is 361 Å². The van der Waals surface area contributed by atoms with E-state index in [-0.39, 0.29) is 21.7 Å². The van der Waals surface area contributed by atoms with E-state index in [4.69, 9.17) is 0 Å². The molecule has 0 saturated carbocycles. The van der Waals surface area contributed by atoms with Crippen LogP contribution in [0, 0.1) is 13.8 Å².